The van der Waals surface area contributed by atoms with Gasteiger partial charge in [0.25, 0.3) is 15.9 Å². The third-order valence-electron chi connectivity index (χ3n) is 5.68. The van der Waals surface area contributed by atoms with E-state index < -0.39 is 10.0 Å². The lowest BCUT2D eigenvalue weighted by atomic mass is 10.1. The molecule has 1 amide bonds. The summed E-state index contributed by atoms with van der Waals surface area (Å²) in [6, 6.07) is 16.8. The number of aromatic nitrogens is 1. The van der Waals surface area contributed by atoms with Crippen molar-refractivity contribution in [1.82, 2.24) is 9.88 Å². The largest absolute Gasteiger partial charge is 0.368 e. The van der Waals surface area contributed by atoms with Crippen molar-refractivity contribution >= 4 is 38.9 Å². The molecular formula is C25H25ClN4O3S. The average molecular weight is 497 g/mol. The molecule has 7 nitrogen and oxygen atoms in total. The van der Waals surface area contributed by atoms with Crippen LogP contribution in [0.1, 0.15) is 10.4 Å². The van der Waals surface area contributed by atoms with Crippen LogP contribution in [0.2, 0.25) is 5.02 Å². The molecule has 3 aromatic rings. The van der Waals surface area contributed by atoms with Crippen LogP contribution < -0.4 is 9.21 Å². The Morgan fingerprint density at radius 2 is 1.74 bits per heavy atom. The molecule has 1 aliphatic heterocycles. The Kier molecular flexibility index (Phi) is 7.19. The Bertz CT molecular complexity index is 1280. The summed E-state index contributed by atoms with van der Waals surface area (Å²) in [4.78, 5) is 21.2. The lowest BCUT2D eigenvalue weighted by Crippen LogP contribution is -2.48. The predicted octanol–water partition coefficient (Wildman–Crippen LogP) is 4.08. The number of amides is 1. The van der Waals surface area contributed by atoms with E-state index in [0.717, 1.165) is 5.69 Å². The summed E-state index contributed by atoms with van der Waals surface area (Å²) in [5, 5.41) is 0.312. The van der Waals surface area contributed by atoms with Gasteiger partial charge in [-0.05, 0) is 42.5 Å². The molecule has 0 bridgehead atoms. The molecular weight excluding hydrogens is 472 g/mol. The zero-order chi connectivity index (χ0) is 24.1. The first-order valence-electron chi connectivity index (χ1n) is 10.8. The molecule has 0 aliphatic carbocycles. The molecule has 2 heterocycles. The molecule has 1 aromatic heterocycles. The number of benzene rings is 2. The Hall–Kier alpha value is -3.36. The molecule has 1 aliphatic rings. The second kappa shape index (κ2) is 10.3. The molecule has 0 spiro atoms. The van der Waals surface area contributed by atoms with E-state index in [1.165, 1.54) is 22.5 Å². The van der Waals surface area contributed by atoms with Crippen LogP contribution in [-0.2, 0) is 10.0 Å². The standard InChI is InChI=1S/C25H25ClN4O3S/c1-2-14-30(24-9-4-3-8-23(24)26)34(32,33)22-7-5-6-20(19-22)25(31)29-17-15-28(16-18-29)21-10-12-27-13-11-21/h2-13,19H,1,14-18H2. The van der Waals surface area contributed by atoms with E-state index in [2.05, 4.69) is 16.5 Å². The van der Waals surface area contributed by atoms with Crippen LogP contribution in [0.15, 0.2) is 90.6 Å². The monoisotopic (exact) mass is 496 g/mol. The number of sulfonamides is 1. The molecule has 34 heavy (non-hydrogen) atoms. The zero-order valence-corrected chi connectivity index (χ0v) is 20.1. The maximum absolute atomic E-state index is 13.5. The summed E-state index contributed by atoms with van der Waals surface area (Å²) in [7, 11) is -3.98. The van der Waals surface area contributed by atoms with Gasteiger partial charge in [-0.1, -0.05) is 35.9 Å². The van der Waals surface area contributed by atoms with E-state index in [4.69, 9.17) is 11.6 Å². The number of para-hydroxylation sites is 1. The first kappa shape index (κ1) is 23.8. The summed E-state index contributed by atoms with van der Waals surface area (Å²) in [6.45, 7) is 6.18. The Labute approximate surface area is 204 Å². The van der Waals surface area contributed by atoms with E-state index in [1.54, 1.807) is 53.7 Å². The zero-order valence-electron chi connectivity index (χ0n) is 18.5. The molecule has 0 saturated carbocycles. The highest BCUT2D eigenvalue weighted by Gasteiger charge is 2.28. The molecule has 0 radical (unpaired) electrons. The fourth-order valence-electron chi connectivity index (χ4n) is 3.92. The number of hydrogen-bond acceptors (Lipinski definition) is 5. The summed E-state index contributed by atoms with van der Waals surface area (Å²) < 4.78 is 28.2. The Balaban J connectivity index is 1.54. The molecule has 176 valence electrons. The third-order valence-corrected chi connectivity index (χ3v) is 7.78. The number of hydrogen-bond donors (Lipinski definition) is 0. The second-order valence-corrected chi connectivity index (χ2v) is 10.1. The smallest absolute Gasteiger partial charge is 0.264 e. The highest BCUT2D eigenvalue weighted by molar-refractivity contribution is 7.92. The number of carbonyl (C=O) groups is 1. The highest BCUT2D eigenvalue weighted by Crippen LogP contribution is 2.30. The van der Waals surface area contributed by atoms with Crippen molar-refractivity contribution in [3.63, 3.8) is 0 Å². The minimum absolute atomic E-state index is 0.0236. The summed E-state index contributed by atoms with van der Waals surface area (Å²) in [5.74, 6) is -0.195. The van der Waals surface area contributed by atoms with E-state index in [9.17, 15) is 13.2 Å². The quantitative estimate of drug-likeness (QED) is 0.461. The molecule has 1 fully saturated rings. The minimum Gasteiger partial charge on any atom is -0.368 e. The van der Waals surface area contributed by atoms with Crippen LogP contribution in [-0.4, -0.2) is 56.9 Å². The van der Waals surface area contributed by atoms with Crippen molar-refractivity contribution in [3.05, 3.63) is 96.3 Å². The molecule has 0 N–H and O–H groups in total. The molecule has 9 heteroatoms. The number of halogens is 1. The fraction of sp³-hybridized carbons (Fsp3) is 0.200. The number of nitrogens with zero attached hydrogens (tertiary/aromatic N) is 4. The van der Waals surface area contributed by atoms with E-state index >= 15 is 0 Å². The van der Waals surface area contributed by atoms with Gasteiger partial charge in [-0.3, -0.25) is 14.1 Å². The lowest BCUT2D eigenvalue weighted by molar-refractivity contribution is 0.0746. The summed E-state index contributed by atoms with van der Waals surface area (Å²) in [6.07, 6.45) is 4.99. The van der Waals surface area contributed by atoms with Crippen molar-refractivity contribution < 1.29 is 13.2 Å². The van der Waals surface area contributed by atoms with Crippen molar-refractivity contribution in [2.75, 3.05) is 41.9 Å². The predicted molar refractivity (Wildman–Crippen MR) is 135 cm³/mol. The third kappa shape index (κ3) is 4.93. The minimum atomic E-state index is -3.98. The van der Waals surface area contributed by atoms with Gasteiger partial charge in [-0.15, -0.1) is 6.58 Å². The average Bonchev–Trinajstić information content (AvgIpc) is 2.88. The van der Waals surface area contributed by atoms with Crippen LogP contribution in [0.5, 0.6) is 0 Å². The van der Waals surface area contributed by atoms with Crippen LogP contribution >= 0.6 is 11.6 Å². The summed E-state index contributed by atoms with van der Waals surface area (Å²) in [5.41, 5.74) is 1.75. The summed E-state index contributed by atoms with van der Waals surface area (Å²) >= 11 is 6.28. The lowest BCUT2D eigenvalue weighted by Gasteiger charge is -2.36. The Morgan fingerprint density at radius 3 is 2.41 bits per heavy atom. The first-order chi connectivity index (χ1) is 16.4. The normalized spacial score (nSPS) is 14.0. The maximum atomic E-state index is 13.5. The van der Waals surface area contributed by atoms with Crippen LogP contribution in [0.25, 0.3) is 0 Å². The van der Waals surface area contributed by atoms with E-state index in [1.807, 2.05) is 12.1 Å². The van der Waals surface area contributed by atoms with Gasteiger partial charge in [0.2, 0.25) is 0 Å². The van der Waals surface area contributed by atoms with Gasteiger partial charge in [-0.25, -0.2) is 8.42 Å². The first-order valence-corrected chi connectivity index (χ1v) is 12.7. The highest BCUT2D eigenvalue weighted by atomic mass is 35.5. The Morgan fingerprint density at radius 1 is 1.03 bits per heavy atom. The molecule has 0 unspecified atom stereocenters. The van der Waals surface area contributed by atoms with Crippen LogP contribution in [0, 0.1) is 0 Å². The second-order valence-electron chi connectivity index (χ2n) is 7.79. The van der Waals surface area contributed by atoms with Gasteiger partial charge in [0.1, 0.15) is 0 Å². The van der Waals surface area contributed by atoms with Gasteiger partial charge < -0.3 is 9.80 Å². The van der Waals surface area contributed by atoms with Crippen molar-refractivity contribution in [3.8, 4) is 0 Å². The number of anilines is 2. The van der Waals surface area contributed by atoms with Crippen LogP contribution in [0.4, 0.5) is 11.4 Å². The van der Waals surface area contributed by atoms with Gasteiger partial charge in [0.15, 0.2) is 0 Å². The van der Waals surface area contributed by atoms with Gasteiger partial charge in [0, 0.05) is 49.8 Å². The van der Waals surface area contributed by atoms with Gasteiger partial charge in [-0.2, -0.15) is 0 Å². The van der Waals surface area contributed by atoms with Crippen molar-refractivity contribution in [2.45, 2.75) is 4.90 Å². The fourth-order valence-corrected chi connectivity index (χ4v) is 5.71. The van der Waals surface area contributed by atoms with Gasteiger partial charge >= 0.3 is 0 Å². The number of pyridine rings is 1. The van der Waals surface area contributed by atoms with E-state index in [0.29, 0.717) is 42.5 Å². The van der Waals surface area contributed by atoms with Crippen molar-refractivity contribution in [1.29, 1.82) is 0 Å². The van der Waals surface area contributed by atoms with Gasteiger partial charge in [0.05, 0.1) is 22.2 Å². The topological polar surface area (TPSA) is 73.8 Å². The molecule has 2 aromatic carbocycles. The number of rotatable bonds is 7. The van der Waals surface area contributed by atoms with E-state index in [-0.39, 0.29) is 17.3 Å². The molecule has 1 saturated heterocycles. The SMILES string of the molecule is C=CCN(c1ccccc1Cl)S(=O)(=O)c1cccc(C(=O)N2CCN(c3ccncc3)CC2)c1. The maximum Gasteiger partial charge on any atom is 0.264 e. The number of carbonyl (C=O) groups excluding carboxylic acids is 1. The van der Waals surface area contributed by atoms with Crippen molar-refractivity contribution in [2.24, 2.45) is 0 Å². The molecule has 4 rings (SSSR count). The number of piperazine rings is 1. The van der Waals surface area contributed by atoms with Crippen LogP contribution in [0.3, 0.4) is 0 Å². The molecule has 0 atom stereocenters.